The average Bonchev–Trinajstić information content (AvgIpc) is 2.53. The molecule has 4 heteroatoms. The van der Waals surface area contributed by atoms with Gasteiger partial charge in [0.25, 0.3) is 0 Å². The maximum Gasteiger partial charge on any atom is 0.128 e. The number of rotatable bonds is 5. The molecular formula is C17H19NO3. The summed E-state index contributed by atoms with van der Waals surface area (Å²) in [5, 5.41) is 12.2. The van der Waals surface area contributed by atoms with E-state index in [0.29, 0.717) is 18.1 Å². The van der Waals surface area contributed by atoms with Crippen LogP contribution >= 0.6 is 0 Å². The summed E-state index contributed by atoms with van der Waals surface area (Å²) in [5.41, 5.74) is 3.42. The lowest BCUT2D eigenvalue weighted by molar-refractivity contribution is 0.302. The number of aryl methyl sites for hydroxylation is 1. The van der Waals surface area contributed by atoms with Gasteiger partial charge in [0.05, 0.1) is 12.8 Å². The molecule has 0 bridgehead atoms. The van der Waals surface area contributed by atoms with Crippen LogP contribution in [0.1, 0.15) is 23.6 Å². The van der Waals surface area contributed by atoms with Crippen molar-refractivity contribution in [3.63, 3.8) is 0 Å². The van der Waals surface area contributed by atoms with Crippen molar-refractivity contribution in [2.75, 3.05) is 7.11 Å². The van der Waals surface area contributed by atoms with Gasteiger partial charge < -0.3 is 14.7 Å². The molecule has 110 valence electrons. The molecule has 0 aromatic heterocycles. The fourth-order valence-electron chi connectivity index (χ4n) is 2.03. The molecule has 0 heterocycles. The van der Waals surface area contributed by atoms with Crippen LogP contribution in [-0.2, 0) is 6.61 Å². The van der Waals surface area contributed by atoms with Crippen molar-refractivity contribution in [3.8, 4) is 11.5 Å². The van der Waals surface area contributed by atoms with Crippen LogP contribution in [-0.4, -0.2) is 18.0 Å². The van der Waals surface area contributed by atoms with Crippen LogP contribution < -0.4 is 9.47 Å². The summed E-state index contributed by atoms with van der Waals surface area (Å²) < 4.78 is 11.0. The quantitative estimate of drug-likeness (QED) is 0.516. The van der Waals surface area contributed by atoms with Gasteiger partial charge in [0.1, 0.15) is 18.1 Å². The van der Waals surface area contributed by atoms with Gasteiger partial charge in [-0.1, -0.05) is 28.9 Å². The smallest absolute Gasteiger partial charge is 0.128 e. The molecule has 0 aliphatic heterocycles. The topological polar surface area (TPSA) is 51.0 Å². The van der Waals surface area contributed by atoms with E-state index in [1.807, 2.05) is 49.4 Å². The summed E-state index contributed by atoms with van der Waals surface area (Å²) in [6, 6.07) is 13.5. The predicted octanol–water partition coefficient (Wildman–Crippen LogP) is 3.78. The van der Waals surface area contributed by atoms with E-state index in [0.717, 1.165) is 22.4 Å². The third-order valence-electron chi connectivity index (χ3n) is 3.20. The fourth-order valence-corrected chi connectivity index (χ4v) is 2.03. The molecule has 0 saturated heterocycles. The highest BCUT2D eigenvalue weighted by atomic mass is 16.5. The van der Waals surface area contributed by atoms with Gasteiger partial charge in [-0.3, -0.25) is 0 Å². The monoisotopic (exact) mass is 285 g/mol. The highest BCUT2D eigenvalue weighted by molar-refractivity contribution is 6.00. The highest BCUT2D eigenvalue weighted by Gasteiger charge is 2.08. The van der Waals surface area contributed by atoms with Gasteiger partial charge in [-0.2, -0.15) is 0 Å². The van der Waals surface area contributed by atoms with Gasteiger partial charge >= 0.3 is 0 Å². The van der Waals surface area contributed by atoms with E-state index < -0.39 is 0 Å². The van der Waals surface area contributed by atoms with E-state index in [1.165, 1.54) is 0 Å². The summed E-state index contributed by atoms with van der Waals surface area (Å²) in [5.74, 6) is 1.49. The number of oxime groups is 1. The van der Waals surface area contributed by atoms with Crippen molar-refractivity contribution in [1.29, 1.82) is 0 Å². The number of methoxy groups -OCH3 is 1. The Labute approximate surface area is 124 Å². The van der Waals surface area contributed by atoms with Crippen molar-refractivity contribution in [2.45, 2.75) is 20.5 Å². The first-order valence-electron chi connectivity index (χ1n) is 6.69. The summed E-state index contributed by atoms with van der Waals surface area (Å²) in [7, 11) is 1.64. The van der Waals surface area contributed by atoms with Crippen LogP contribution in [0.15, 0.2) is 47.6 Å². The molecule has 0 radical (unpaired) electrons. The van der Waals surface area contributed by atoms with E-state index in [9.17, 15) is 0 Å². The average molecular weight is 285 g/mol. The van der Waals surface area contributed by atoms with Gasteiger partial charge in [-0.05, 0) is 43.7 Å². The van der Waals surface area contributed by atoms with Crippen molar-refractivity contribution in [2.24, 2.45) is 5.16 Å². The molecule has 4 nitrogen and oxygen atoms in total. The maximum absolute atomic E-state index is 8.97. The van der Waals surface area contributed by atoms with Gasteiger partial charge in [-0.25, -0.2) is 0 Å². The zero-order chi connectivity index (χ0) is 15.2. The van der Waals surface area contributed by atoms with Crippen LogP contribution in [0.5, 0.6) is 11.5 Å². The Morgan fingerprint density at radius 3 is 2.71 bits per heavy atom. The lowest BCUT2D eigenvalue weighted by Crippen LogP contribution is -2.03. The first kappa shape index (κ1) is 14.9. The minimum absolute atomic E-state index is 0.423. The number of hydrogen-bond donors (Lipinski definition) is 1. The number of nitrogens with zero attached hydrogens (tertiary/aromatic N) is 1. The minimum atomic E-state index is 0.423. The van der Waals surface area contributed by atoms with Crippen molar-refractivity contribution in [3.05, 3.63) is 59.2 Å². The maximum atomic E-state index is 8.97. The Hall–Kier alpha value is -2.49. The van der Waals surface area contributed by atoms with E-state index in [2.05, 4.69) is 5.16 Å². The van der Waals surface area contributed by atoms with Crippen LogP contribution in [0.4, 0.5) is 0 Å². The SMILES string of the molecule is COc1cccc(COc2ccc(C)cc2/C(C)=N/O)c1. The lowest BCUT2D eigenvalue weighted by Gasteiger charge is -2.12. The Morgan fingerprint density at radius 2 is 2.00 bits per heavy atom. The molecule has 1 N–H and O–H groups in total. The molecule has 0 atom stereocenters. The van der Waals surface area contributed by atoms with E-state index >= 15 is 0 Å². The summed E-state index contributed by atoms with van der Waals surface area (Å²) >= 11 is 0. The van der Waals surface area contributed by atoms with Crippen molar-refractivity contribution >= 4 is 5.71 Å². The fraction of sp³-hybridized carbons (Fsp3) is 0.235. The summed E-state index contributed by atoms with van der Waals surface area (Å²) in [4.78, 5) is 0. The van der Waals surface area contributed by atoms with E-state index in [4.69, 9.17) is 14.7 Å². The Bertz CT molecular complexity index is 650. The largest absolute Gasteiger partial charge is 0.497 e. The molecule has 2 rings (SSSR count). The van der Waals surface area contributed by atoms with Crippen LogP contribution in [0.3, 0.4) is 0 Å². The van der Waals surface area contributed by atoms with E-state index in [-0.39, 0.29) is 0 Å². The molecule has 0 aliphatic carbocycles. The number of benzene rings is 2. The van der Waals surface area contributed by atoms with E-state index in [1.54, 1.807) is 14.0 Å². The second kappa shape index (κ2) is 6.79. The molecule has 21 heavy (non-hydrogen) atoms. The normalized spacial score (nSPS) is 11.3. The van der Waals surface area contributed by atoms with Gasteiger partial charge in [0.2, 0.25) is 0 Å². The molecule has 0 spiro atoms. The van der Waals surface area contributed by atoms with Crippen LogP contribution in [0, 0.1) is 6.92 Å². The molecule has 0 aliphatic rings. The lowest BCUT2D eigenvalue weighted by atomic mass is 10.1. The molecular weight excluding hydrogens is 266 g/mol. The van der Waals surface area contributed by atoms with Crippen molar-refractivity contribution in [1.82, 2.24) is 0 Å². The van der Waals surface area contributed by atoms with Crippen molar-refractivity contribution < 1.29 is 14.7 Å². The number of hydrogen-bond acceptors (Lipinski definition) is 4. The molecule has 0 unspecified atom stereocenters. The zero-order valence-electron chi connectivity index (χ0n) is 12.5. The molecule has 0 fully saturated rings. The zero-order valence-corrected chi connectivity index (χ0v) is 12.5. The predicted molar refractivity (Wildman–Crippen MR) is 82.5 cm³/mol. The molecule has 2 aromatic rings. The third-order valence-corrected chi connectivity index (χ3v) is 3.20. The Balaban J connectivity index is 2.19. The Morgan fingerprint density at radius 1 is 1.19 bits per heavy atom. The molecule has 0 amide bonds. The Kier molecular flexibility index (Phi) is 4.82. The molecule has 2 aromatic carbocycles. The second-order valence-corrected chi connectivity index (χ2v) is 4.83. The number of ether oxygens (including phenoxy) is 2. The standard InChI is InChI=1S/C17H19NO3/c1-12-7-8-17(16(9-12)13(2)18-19)21-11-14-5-4-6-15(10-14)20-3/h4-10,19H,11H2,1-3H3/b18-13+. The molecule has 0 saturated carbocycles. The van der Waals surface area contributed by atoms with Gasteiger partial charge in [0, 0.05) is 5.56 Å². The van der Waals surface area contributed by atoms with Crippen LogP contribution in [0.2, 0.25) is 0 Å². The van der Waals surface area contributed by atoms with Gasteiger partial charge in [0.15, 0.2) is 0 Å². The summed E-state index contributed by atoms with van der Waals surface area (Å²) in [6.07, 6.45) is 0. The van der Waals surface area contributed by atoms with Crippen LogP contribution in [0.25, 0.3) is 0 Å². The first-order valence-corrected chi connectivity index (χ1v) is 6.69. The van der Waals surface area contributed by atoms with Gasteiger partial charge in [-0.15, -0.1) is 0 Å². The summed E-state index contributed by atoms with van der Waals surface area (Å²) in [6.45, 7) is 4.15. The second-order valence-electron chi connectivity index (χ2n) is 4.83. The first-order chi connectivity index (χ1) is 10.1. The third kappa shape index (κ3) is 3.75. The highest BCUT2D eigenvalue weighted by Crippen LogP contribution is 2.23. The minimum Gasteiger partial charge on any atom is -0.497 e.